The zero-order chi connectivity index (χ0) is 24.0. The molecule has 180 valence electrons. The van der Waals surface area contributed by atoms with Crippen LogP contribution in [0.1, 0.15) is 52.0 Å². The molecule has 1 saturated carbocycles. The van der Waals surface area contributed by atoms with Crippen molar-refractivity contribution in [2.75, 3.05) is 13.7 Å². The zero-order valence-electron chi connectivity index (χ0n) is 19.9. The van der Waals surface area contributed by atoms with Gasteiger partial charge in [0, 0.05) is 36.0 Å². The molecule has 0 aliphatic heterocycles. The van der Waals surface area contributed by atoms with Crippen LogP contribution in [0.5, 0.6) is 0 Å². The maximum Gasteiger partial charge on any atom is 0.407 e. The maximum absolute atomic E-state index is 13.1. The van der Waals surface area contributed by atoms with Crippen LogP contribution in [-0.2, 0) is 25.5 Å². The fourth-order valence-corrected chi connectivity index (χ4v) is 4.40. The first-order valence-electron chi connectivity index (χ1n) is 11.6. The number of fused-ring (bicyclic) bond motifs is 1. The number of amides is 2. The van der Waals surface area contributed by atoms with E-state index < -0.39 is 23.7 Å². The molecular weight excluding hydrogens is 422 g/mol. The third kappa shape index (κ3) is 6.97. The third-order valence-electron chi connectivity index (χ3n) is 5.99. The second kappa shape index (κ2) is 10.7. The van der Waals surface area contributed by atoms with Gasteiger partial charge in [-0.15, -0.1) is 0 Å². The summed E-state index contributed by atoms with van der Waals surface area (Å²) in [6.07, 6.45) is 5.01. The third-order valence-corrected chi connectivity index (χ3v) is 5.99. The van der Waals surface area contributed by atoms with Gasteiger partial charge in [-0.05, 0) is 57.6 Å². The molecule has 0 bridgehead atoms. The molecule has 8 heteroatoms. The van der Waals surface area contributed by atoms with Gasteiger partial charge in [0.05, 0.1) is 7.11 Å². The number of ether oxygens (including phenoxy) is 2. The Hall–Kier alpha value is -3.03. The molecule has 1 fully saturated rings. The molecule has 2 aromatic rings. The van der Waals surface area contributed by atoms with Crippen LogP contribution in [0.25, 0.3) is 10.9 Å². The molecule has 3 rings (SSSR count). The molecule has 33 heavy (non-hydrogen) atoms. The molecule has 8 nitrogen and oxygen atoms in total. The number of aromatic nitrogens is 1. The van der Waals surface area contributed by atoms with E-state index in [0.717, 1.165) is 35.7 Å². The number of hydrogen-bond acceptors (Lipinski definition) is 5. The highest BCUT2D eigenvalue weighted by atomic mass is 16.6. The number of aromatic amines is 1. The fourth-order valence-electron chi connectivity index (χ4n) is 4.40. The van der Waals surface area contributed by atoms with Crippen molar-refractivity contribution in [2.45, 2.75) is 64.5 Å². The number of carbonyl (C=O) groups is 3. The number of carbonyl (C=O) groups excluding carboxylic acids is 3. The van der Waals surface area contributed by atoms with Crippen molar-refractivity contribution >= 4 is 28.9 Å². The Morgan fingerprint density at radius 3 is 2.67 bits per heavy atom. The Kier molecular flexibility index (Phi) is 8.00. The highest BCUT2D eigenvalue weighted by Crippen LogP contribution is 2.29. The molecule has 1 aliphatic rings. The Labute approximate surface area is 194 Å². The predicted octanol–water partition coefficient (Wildman–Crippen LogP) is 3.70. The van der Waals surface area contributed by atoms with Crippen LogP contribution in [0.15, 0.2) is 30.5 Å². The van der Waals surface area contributed by atoms with E-state index in [4.69, 9.17) is 9.47 Å². The van der Waals surface area contributed by atoms with E-state index in [1.807, 2.05) is 51.2 Å². The molecule has 1 aliphatic carbocycles. The Balaban J connectivity index is 1.58. The van der Waals surface area contributed by atoms with Gasteiger partial charge in [-0.25, -0.2) is 9.59 Å². The smallest absolute Gasteiger partial charge is 0.407 e. The summed E-state index contributed by atoms with van der Waals surface area (Å²) in [5.74, 6) is -0.633. The van der Waals surface area contributed by atoms with Gasteiger partial charge in [-0.3, -0.25) is 4.79 Å². The first-order valence-corrected chi connectivity index (χ1v) is 11.6. The lowest BCUT2D eigenvalue weighted by atomic mass is 9.80. The SMILES string of the molecule is COC(=O)[C@H](Cc1c[nH]c2ccccc12)NC(=O)[C@@H]1CCC[C@H](CNC(=O)OC(C)(C)C)C1. The van der Waals surface area contributed by atoms with Gasteiger partial charge < -0.3 is 25.1 Å². The summed E-state index contributed by atoms with van der Waals surface area (Å²) in [5, 5.41) is 6.75. The molecule has 0 radical (unpaired) electrons. The van der Waals surface area contributed by atoms with E-state index in [9.17, 15) is 14.4 Å². The van der Waals surface area contributed by atoms with Crippen LogP contribution in [0, 0.1) is 11.8 Å². The molecule has 2 amide bonds. The molecule has 0 unspecified atom stereocenters. The van der Waals surface area contributed by atoms with E-state index in [2.05, 4.69) is 15.6 Å². The van der Waals surface area contributed by atoms with Crippen molar-refractivity contribution < 1.29 is 23.9 Å². The molecule has 1 heterocycles. The minimum atomic E-state index is -0.762. The zero-order valence-corrected chi connectivity index (χ0v) is 19.9. The molecule has 0 saturated heterocycles. The van der Waals surface area contributed by atoms with Gasteiger partial charge in [0.2, 0.25) is 5.91 Å². The van der Waals surface area contributed by atoms with Crippen molar-refractivity contribution in [3.8, 4) is 0 Å². The van der Waals surface area contributed by atoms with Crippen LogP contribution in [0.3, 0.4) is 0 Å². The standard InChI is InChI=1S/C25H35N3O5/c1-25(2,3)33-24(31)27-14-16-8-7-9-17(12-16)22(29)28-21(23(30)32-4)13-18-15-26-20-11-6-5-10-19(18)20/h5-6,10-11,15-17,21,26H,7-9,12-14H2,1-4H3,(H,27,31)(H,28,29)/t16-,17+,21-/m0/s1. The van der Waals surface area contributed by atoms with Crippen LogP contribution in [0.2, 0.25) is 0 Å². The van der Waals surface area contributed by atoms with Gasteiger partial charge in [0.15, 0.2) is 0 Å². The molecule has 3 N–H and O–H groups in total. The number of rotatable bonds is 7. The minimum Gasteiger partial charge on any atom is -0.467 e. The van der Waals surface area contributed by atoms with Gasteiger partial charge in [0.25, 0.3) is 0 Å². The number of para-hydroxylation sites is 1. The van der Waals surface area contributed by atoms with E-state index in [1.165, 1.54) is 7.11 Å². The monoisotopic (exact) mass is 457 g/mol. The van der Waals surface area contributed by atoms with Crippen molar-refractivity contribution in [3.63, 3.8) is 0 Å². The largest absolute Gasteiger partial charge is 0.467 e. The number of benzene rings is 1. The highest BCUT2D eigenvalue weighted by Gasteiger charge is 2.31. The molecule has 1 aromatic heterocycles. The summed E-state index contributed by atoms with van der Waals surface area (Å²) >= 11 is 0. The number of methoxy groups -OCH3 is 1. The van der Waals surface area contributed by atoms with Gasteiger partial charge >= 0.3 is 12.1 Å². The van der Waals surface area contributed by atoms with Crippen molar-refractivity contribution in [3.05, 3.63) is 36.0 Å². The number of esters is 1. The molecule has 3 atom stereocenters. The predicted molar refractivity (Wildman–Crippen MR) is 126 cm³/mol. The summed E-state index contributed by atoms with van der Waals surface area (Å²) in [4.78, 5) is 40.6. The van der Waals surface area contributed by atoms with Gasteiger partial charge in [0.1, 0.15) is 11.6 Å². The minimum absolute atomic E-state index is 0.146. The quantitative estimate of drug-likeness (QED) is 0.549. The van der Waals surface area contributed by atoms with E-state index >= 15 is 0 Å². The topological polar surface area (TPSA) is 110 Å². The normalized spacial score (nSPS) is 19.5. The molecule has 0 spiro atoms. The number of H-pyrrole nitrogens is 1. The molecule has 1 aromatic carbocycles. The maximum atomic E-state index is 13.1. The first-order chi connectivity index (χ1) is 15.7. The lowest BCUT2D eigenvalue weighted by Crippen LogP contribution is -2.46. The Bertz CT molecular complexity index is 978. The van der Waals surface area contributed by atoms with Crippen molar-refractivity contribution in [2.24, 2.45) is 11.8 Å². The lowest BCUT2D eigenvalue weighted by molar-refractivity contribution is -0.145. The second-order valence-corrected chi connectivity index (χ2v) is 9.76. The molecular formula is C25H35N3O5. The van der Waals surface area contributed by atoms with Crippen LogP contribution in [-0.4, -0.2) is 48.3 Å². The number of alkyl carbamates (subject to hydrolysis) is 1. The van der Waals surface area contributed by atoms with Crippen LogP contribution in [0.4, 0.5) is 4.79 Å². The van der Waals surface area contributed by atoms with Crippen molar-refractivity contribution in [1.82, 2.24) is 15.6 Å². The van der Waals surface area contributed by atoms with Crippen LogP contribution >= 0.6 is 0 Å². The summed E-state index contributed by atoms with van der Waals surface area (Å²) in [5.41, 5.74) is 1.38. The number of hydrogen-bond donors (Lipinski definition) is 3. The summed E-state index contributed by atoms with van der Waals surface area (Å²) in [6.45, 7) is 5.93. The lowest BCUT2D eigenvalue weighted by Gasteiger charge is -2.30. The van der Waals surface area contributed by atoms with Crippen molar-refractivity contribution in [1.29, 1.82) is 0 Å². The Morgan fingerprint density at radius 1 is 1.18 bits per heavy atom. The number of nitrogens with one attached hydrogen (secondary N) is 3. The second-order valence-electron chi connectivity index (χ2n) is 9.76. The fraction of sp³-hybridized carbons (Fsp3) is 0.560. The Morgan fingerprint density at radius 2 is 1.94 bits per heavy atom. The first kappa shape index (κ1) is 24.6. The van der Waals surface area contributed by atoms with Crippen LogP contribution < -0.4 is 10.6 Å². The van der Waals surface area contributed by atoms with E-state index in [-0.39, 0.29) is 17.7 Å². The summed E-state index contributed by atoms with van der Waals surface area (Å²) in [6, 6.07) is 7.08. The van der Waals surface area contributed by atoms with Gasteiger partial charge in [-0.2, -0.15) is 0 Å². The van der Waals surface area contributed by atoms with E-state index in [1.54, 1.807) is 0 Å². The van der Waals surface area contributed by atoms with E-state index in [0.29, 0.717) is 19.4 Å². The summed E-state index contributed by atoms with van der Waals surface area (Å²) in [7, 11) is 1.33. The highest BCUT2D eigenvalue weighted by molar-refractivity contribution is 5.88. The average molecular weight is 458 g/mol. The van der Waals surface area contributed by atoms with Gasteiger partial charge in [-0.1, -0.05) is 24.6 Å². The average Bonchev–Trinajstić information content (AvgIpc) is 3.18. The summed E-state index contributed by atoms with van der Waals surface area (Å²) < 4.78 is 10.3.